The molecule has 0 radical (unpaired) electrons. The van der Waals surface area contributed by atoms with Gasteiger partial charge in [0.2, 0.25) is 0 Å². The molecule has 55 heavy (non-hydrogen) atoms. The van der Waals surface area contributed by atoms with E-state index < -0.39 is 0 Å². The monoisotopic (exact) mass is 705 g/mol. The van der Waals surface area contributed by atoms with Crippen molar-refractivity contribution in [3.05, 3.63) is 175 Å². The second-order valence-corrected chi connectivity index (χ2v) is 14.9. The number of allylic oxidation sites excluding steroid dienone is 2. The number of aromatic nitrogens is 1. The van der Waals surface area contributed by atoms with E-state index in [1.54, 1.807) is 0 Å². The molecule has 5 heteroatoms. The Labute approximate surface area is 315 Å². The van der Waals surface area contributed by atoms with E-state index in [1.165, 1.54) is 5.56 Å². The Morgan fingerprint density at radius 1 is 0.564 bits per heavy atom. The van der Waals surface area contributed by atoms with Gasteiger partial charge in [-0.15, -0.1) is 0 Å². The first-order chi connectivity index (χ1) is 27.1. The predicted octanol–water partition coefficient (Wildman–Crippen LogP) is 13.0. The van der Waals surface area contributed by atoms with Crippen molar-refractivity contribution in [2.75, 3.05) is 4.90 Å². The molecule has 0 amide bonds. The maximum atomic E-state index is 10.3. The molecular formula is C50H31N3O2. The van der Waals surface area contributed by atoms with Crippen molar-refractivity contribution in [2.45, 2.75) is 18.4 Å². The highest BCUT2D eigenvalue weighted by molar-refractivity contribution is 6.27. The van der Waals surface area contributed by atoms with Crippen molar-refractivity contribution >= 4 is 77.1 Å². The van der Waals surface area contributed by atoms with Crippen LogP contribution >= 0.6 is 0 Å². The molecule has 2 atom stereocenters. The molecule has 0 saturated carbocycles. The third kappa shape index (κ3) is 3.95. The van der Waals surface area contributed by atoms with Crippen LogP contribution in [0.3, 0.4) is 0 Å². The summed E-state index contributed by atoms with van der Waals surface area (Å²) in [6, 6.07) is 51.1. The number of nitriles is 1. The number of anilines is 2. The zero-order valence-corrected chi connectivity index (χ0v) is 29.8. The quantitative estimate of drug-likeness (QED) is 0.184. The largest absolute Gasteiger partial charge is 0.456 e. The zero-order chi connectivity index (χ0) is 36.4. The fourth-order valence-corrected chi connectivity index (χ4v) is 9.75. The summed E-state index contributed by atoms with van der Waals surface area (Å²) in [6.07, 6.45) is 9.01. The van der Waals surface area contributed by atoms with Gasteiger partial charge in [0.25, 0.3) is 0 Å². The molecule has 5 nitrogen and oxygen atoms in total. The smallest absolute Gasteiger partial charge is 0.136 e. The third-order valence-electron chi connectivity index (χ3n) is 12.1. The van der Waals surface area contributed by atoms with Gasteiger partial charge in [-0.25, -0.2) is 0 Å². The van der Waals surface area contributed by atoms with Crippen LogP contribution in [0.5, 0.6) is 0 Å². The standard InChI is InChI=1S/C50H31N3O2/c1-50-27-11-10-20-45(50)53(40-24-26-44-48(49(40)50)34-15-5-9-19-42(34)55-44)36-16-6-2-12-31(36)35-28-30(29-51)21-22-38(35)52-37-17-7-3-13-32(37)46-39(52)23-25-43-47(46)33-14-4-8-18-41(33)54-43/h2-28,45H,1H3. The van der Waals surface area contributed by atoms with Crippen LogP contribution in [0.15, 0.2) is 173 Å². The minimum atomic E-state index is -0.327. The van der Waals surface area contributed by atoms with Crippen molar-refractivity contribution in [2.24, 2.45) is 0 Å². The molecule has 0 saturated heterocycles. The Morgan fingerprint density at radius 3 is 2.05 bits per heavy atom. The molecule has 1 aliphatic heterocycles. The average Bonchev–Trinajstić information content (AvgIpc) is 3.96. The van der Waals surface area contributed by atoms with Crippen molar-refractivity contribution in [3.8, 4) is 22.9 Å². The molecule has 2 unspecified atom stereocenters. The maximum Gasteiger partial charge on any atom is 0.136 e. The average molecular weight is 706 g/mol. The summed E-state index contributed by atoms with van der Waals surface area (Å²) in [7, 11) is 0. The van der Waals surface area contributed by atoms with Crippen molar-refractivity contribution in [1.82, 2.24) is 4.57 Å². The van der Waals surface area contributed by atoms with Crippen LogP contribution in [0.4, 0.5) is 11.4 Å². The second kappa shape index (κ2) is 10.9. The Kier molecular flexibility index (Phi) is 5.97. The first-order valence-corrected chi connectivity index (χ1v) is 18.7. The number of para-hydroxylation sites is 4. The van der Waals surface area contributed by atoms with Crippen molar-refractivity contribution in [3.63, 3.8) is 0 Å². The maximum absolute atomic E-state index is 10.3. The van der Waals surface area contributed by atoms with Gasteiger partial charge in [0.05, 0.1) is 34.4 Å². The van der Waals surface area contributed by atoms with Crippen LogP contribution in [-0.2, 0) is 5.41 Å². The highest BCUT2D eigenvalue weighted by atomic mass is 16.3. The molecular weight excluding hydrogens is 675 g/mol. The molecule has 4 heterocycles. The summed E-state index contributed by atoms with van der Waals surface area (Å²) in [6.45, 7) is 2.35. The van der Waals surface area contributed by atoms with E-state index in [4.69, 9.17) is 8.83 Å². The summed E-state index contributed by atoms with van der Waals surface area (Å²) in [5, 5.41) is 17.1. The Balaban J connectivity index is 1.15. The number of hydrogen-bond acceptors (Lipinski definition) is 4. The number of benzene rings is 7. The molecule has 2 aliphatic rings. The second-order valence-electron chi connectivity index (χ2n) is 14.9. The fourth-order valence-electron chi connectivity index (χ4n) is 9.75. The summed E-state index contributed by atoms with van der Waals surface area (Å²) in [4.78, 5) is 2.50. The fraction of sp³-hybridized carbons (Fsp3) is 0.0600. The van der Waals surface area contributed by atoms with E-state index in [2.05, 4.69) is 162 Å². The summed E-state index contributed by atoms with van der Waals surface area (Å²) in [5.41, 5.74) is 12.5. The van der Waals surface area contributed by atoms with Gasteiger partial charge in [-0.2, -0.15) is 5.26 Å². The first-order valence-electron chi connectivity index (χ1n) is 18.7. The number of fused-ring (bicyclic) bond motifs is 14. The summed E-state index contributed by atoms with van der Waals surface area (Å²) < 4.78 is 15.2. The SMILES string of the molecule is CC12C=CC=CC1N(c1ccccc1-c1cc(C#N)ccc1-n1c3ccccc3c3c4c(ccc31)oc1ccccc14)c1ccc3oc4ccccc4c3c12. The van der Waals surface area contributed by atoms with E-state index in [0.717, 1.165) is 93.9 Å². The predicted molar refractivity (Wildman–Crippen MR) is 223 cm³/mol. The Bertz CT molecular complexity index is 3380. The zero-order valence-electron chi connectivity index (χ0n) is 29.8. The molecule has 12 rings (SSSR count). The van der Waals surface area contributed by atoms with E-state index in [1.807, 2.05) is 24.3 Å². The first kappa shape index (κ1) is 30.2. The van der Waals surface area contributed by atoms with Crippen molar-refractivity contribution < 1.29 is 8.83 Å². The number of furan rings is 2. The summed E-state index contributed by atoms with van der Waals surface area (Å²) in [5.74, 6) is 0. The van der Waals surface area contributed by atoms with Crippen LogP contribution < -0.4 is 4.90 Å². The Hall–Kier alpha value is -7.29. The lowest BCUT2D eigenvalue weighted by Crippen LogP contribution is -2.39. The van der Waals surface area contributed by atoms with Crippen LogP contribution in [0.1, 0.15) is 18.1 Å². The minimum Gasteiger partial charge on any atom is -0.456 e. The lowest BCUT2D eigenvalue weighted by atomic mass is 9.74. The number of hydrogen-bond donors (Lipinski definition) is 0. The Morgan fingerprint density at radius 2 is 1.24 bits per heavy atom. The molecule has 0 fully saturated rings. The summed E-state index contributed by atoms with van der Waals surface area (Å²) >= 11 is 0. The topological polar surface area (TPSA) is 58.2 Å². The van der Waals surface area contributed by atoms with E-state index in [-0.39, 0.29) is 11.5 Å². The molecule has 3 aromatic heterocycles. The van der Waals surface area contributed by atoms with Crippen LogP contribution in [0.25, 0.3) is 82.5 Å². The highest BCUT2D eigenvalue weighted by Crippen LogP contribution is 2.57. The van der Waals surface area contributed by atoms with E-state index in [0.29, 0.717) is 5.56 Å². The van der Waals surface area contributed by atoms with Gasteiger partial charge < -0.3 is 18.3 Å². The molecule has 7 aromatic carbocycles. The van der Waals surface area contributed by atoms with Crippen LogP contribution in [0, 0.1) is 11.3 Å². The molecule has 0 bridgehead atoms. The lowest BCUT2D eigenvalue weighted by Gasteiger charge is -2.35. The minimum absolute atomic E-state index is 0.00593. The molecule has 0 spiro atoms. The molecule has 258 valence electrons. The van der Waals surface area contributed by atoms with E-state index >= 15 is 0 Å². The molecule has 1 aliphatic carbocycles. The molecule has 10 aromatic rings. The van der Waals surface area contributed by atoms with Gasteiger partial charge in [0.1, 0.15) is 22.3 Å². The van der Waals surface area contributed by atoms with Crippen LogP contribution in [-0.4, -0.2) is 10.6 Å². The number of nitrogens with zero attached hydrogens (tertiary/aromatic N) is 3. The molecule has 0 N–H and O–H groups in total. The van der Waals surface area contributed by atoms with Crippen molar-refractivity contribution in [1.29, 1.82) is 5.26 Å². The van der Waals surface area contributed by atoms with Crippen LogP contribution in [0.2, 0.25) is 0 Å². The van der Waals surface area contributed by atoms with Gasteiger partial charge in [0, 0.05) is 60.2 Å². The van der Waals surface area contributed by atoms with Gasteiger partial charge >= 0.3 is 0 Å². The number of rotatable bonds is 3. The van der Waals surface area contributed by atoms with E-state index in [9.17, 15) is 5.26 Å². The van der Waals surface area contributed by atoms with Gasteiger partial charge in [-0.3, -0.25) is 0 Å². The lowest BCUT2D eigenvalue weighted by molar-refractivity contribution is 0.554. The normalized spacial score (nSPS) is 17.6. The third-order valence-corrected chi connectivity index (χ3v) is 12.1. The highest BCUT2D eigenvalue weighted by Gasteiger charge is 2.48. The van der Waals surface area contributed by atoms with Gasteiger partial charge in [-0.05, 0) is 79.2 Å². The van der Waals surface area contributed by atoms with Gasteiger partial charge in [-0.1, -0.05) is 97.1 Å². The van der Waals surface area contributed by atoms with Gasteiger partial charge in [0.15, 0.2) is 0 Å².